The molecule has 0 aliphatic carbocycles. The summed E-state index contributed by atoms with van der Waals surface area (Å²) in [5.74, 6) is -1.14. The third kappa shape index (κ3) is 3.31. The molecule has 2 amide bonds. The molecule has 1 aliphatic rings. The van der Waals surface area contributed by atoms with Gasteiger partial charge < -0.3 is 16.8 Å². The van der Waals surface area contributed by atoms with Gasteiger partial charge in [0.25, 0.3) is 0 Å². The average Bonchev–Trinajstić information content (AvgIpc) is 2.37. The number of benzene rings is 1. The summed E-state index contributed by atoms with van der Waals surface area (Å²) in [7, 11) is 0. The Morgan fingerprint density at radius 3 is 2.57 bits per heavy atom. The van der Waals surface area contributed by atoms with E-state index in [0.29, 0.717) is 6.42 Å². The molecular formula is C16H19N3O2. The molecule has 1 aliphatic heterocycles. The molecule has 1 unspecified atom stereocenters. The first-order valence-corrected chi connectivity index (χ1v) is 6.67. The number of rotatable bonds is 4. The Bertz CT molecular complexity index is 661. The van der Waals surface area contributed by atoms with Crippen molar-refractivity contribution in [2.75, 3.05) is 0 Å². The van der Waals surface area contributed by atoms with Crippen molar-refractivity contribution in [1.29, 1.82) is 0 Å². The SMILES string of the molecule is Cc1cccc(CC2=CC(C(N)=O)=CC(C)(C(N)=O)N2)c1. The minimum atomic E-state index is -1.11. The van der Waals surface area contributed by atoms with Gasteiger partial charge in [0.15, 0.2) is 0 Å². The van der Waals surface area contributed by atoms with E-state index in [4.69, 9.17) is 11.5 Å². The normalized spacial score (nSPS) is 21.0. The molecule has 0 saturated heterocycles. The zero-order valence-corrected chi connectivity index (χ0v) is 12.1. The van der Waals surface area contributed by atoms with Gasteiger partial charge in [0, 0.05) is 17.7 Å². The number of hydrogen-bond acceptors (Lipinski definition) is 3. The first-order chi connectivity index (χ1) is 9.80. The number of hydrogen-bond donors (Lipinski definition) is 3. The number of nitrogens with two attached hydrogens (primary N) is 2. The Hall–Kier alpha value is -2.56. The second kappa shape index (κ2) is 5.44. The van der Waals surface area contributed by atoms with Gasteiger partial charge in [0.2, 0.25) is 11.8 Å². The lowest BCUT2D eigenvalue weighted by atomic mass is 9.91. The fourth-order valence-corrected chi connectivity index (χ4v) is 2.36. The van der Waals surface area contributed by atoms with Gasteiger partial charge in [-0.3, -0.25) is 9.59 Å². The molecule has 0 radical (unpaired) electrons. The number of carbonyl (C=O) groups is 2. The van der Waals surface area contributed by atoms with Crippen LogP contribution in [0.15, 0.2) is 47.7 Å². The summed E-state index contributed by atoms with van der Waals surface area (Å²) >= 11 is 0. The number of carbonyl (C=O) groups excluding carboxylic acids is 2. The number of aryl methyl sites for hydroxylation is 1. The molecule has 2 rings (SSSR count). The third-order valence-electron chi connectivity index (χ3n) is 3.47. The van der Waals surface area contributed by atoms with Crippen LogP contribution >= 0.6 is 0 Å². The van der Waals surface area contributed by atoms with Crippen molar-refractivity contribution in [2.45, 2.75) is 25.8 Å². The summed E-state index contributed by atoms with van der Waals surface area (Å²) in [6.45, 7) is 3.63. The monoisotopic (exact) mass is 285 g/mol. The maximum Gasteiger partial charge on any atom is 0.248 e. The molecule has 0 spiro atoms. The highest BCUT2D eigenvalue weighted by Crippen LogP contribution is 2.21. The predicted octanol–water partition coefficient (Wildman–Crippen LogP) is 0.680. The van der Waals surface area contributed by atoms with Crippen LogP contribution in [0.1, 0.15) is 18.1 Å². The molecule has 0 fully saturated rings. The lowest BCUT2D eigenvalue weighted by molar-refractivity contribution is -0.121. The van der Waals surface area contributed by atoms with Gasteiger partial charge in [-0.2, -0.15) is 0 Å². The van der Waals surface area contributed by atoms with Gasteiger partial charge in [0.1, 0.15) is 5.54 Å². The number of allylic oxidation sites excluding steroid dienone is 1. The van der Waals surface area contributed by atoms with Crippen molar-refractivity contribution >= 4 is 11.8 Å². The van der Waals surface area contributed by atoms with E-state index in [1.54, 1.807) is 13.0 Å². The first kappa shape index (κ1) is 14.8. The predicted molar refractivity (Wildman–Crippen MR) is 81.0 cm³/mol. The number of primary amides is 2. The Labute approximate surface area is 123 Å². The van der Waals surface area contributed by atoms with Crippen LogP contribution in [0.5, 0.6) is 0 Å². The molecular weight excluding hydrogens is 266 g/mol. The van der Waals surface area contributed by atoms with Crippen molar-refractivity contribution in [3.05, 3.63) is 58.8 Å². The number of amides is 2. The van der Waals surface area contributed by atoms with Gasteiger partial charge in [-0.05, 0) is 31.6 Å². The second-order valence-electron chi connectivity index (χ2n) is 5.49. The third-order valence-corrected chi connectivity index (χ3v) is 3.47. The van der Waals surface area contributed by atoms with E-state index < -0.39 is 17.4 Å². The summed E-state index contributed by atoms with van der Waals surface area (Å²) in [5.41, 5.74) is 12.9. The maximum atomic E-state index is 11.6. The summed E-state index contributed by atoms with van der Waals surface area (Å²) < 4.78 is 0. The molecule has 0 bridgehead atoms. The van der Waals surface area contributed by atoms with Crippen LogP contribution in [0.2, 0.25) is 0 Å². The summed E-state index contributed by atoms with van der Waals surface area (Å²) in [5, 5.41) is 3.08. The van der Waals surface area contributed by atoms with Gasteiger partial charge in [-0.15, -0.1) is 0 Å². The van der Waals surface area contributed by atoms with Gasteiger partial charge in [-0.25, -0.2) is 0 Å². The Morgan fingerprint density at radius 2 is 2.00 bits per heavy atom. The van der Waals surface area contributed by atoms with Crippen LogP contribution in [0.3, 0.4) is 0 Å². The van der Waals surface area contributed by atoms with Crippen molar-refractivity contribution in [1.82, 2.24) is 5.32 Å². The maximum absolute atomic E-state index is 11.6. The smallest absolute Gasteiger partial charge is 0.248 e. The lowest BCUT2D eigenvalue weighted by Gasteiger charge is -2.31. The van der Waals surface area contributed by atoms with Crippen LogP contribution in [0, 0.1) is 6.92 Å². The van der Waals surface area contributed by atoms with Crippen molar-refractivity contribution < 1.29 is 9.59 Å². The van der Waals surface area contributed by atoms with Crippen LogP contribution < -0.4 is 16.8 Å². The summed E-state index contributed by atoms with van der Waals surface area (Å²) in [4.78, 5) is 23.1. The van der Waals surface area contributed by atoms with Crippen molar-refractivity contribution in [3.8, 4) is 0 Å². The van der Waals surface area contributed by atoms with Gasteiger partial charge in [0.05, 0.1) is 0 Å². The quantitative estimate of drug-likeness (QED) is 0.758. The molecule has 1 heterocycles. The van der Waals surface area contributed by atoms with E-state index in [-0.39, 0.29) is 5.57 Å². The molecule has 1 atom stereocenters. The minimum Gasteiger partial charge on any atom is -0.371 e. The molecule has 1 aromatic rings. The van der Waals surface area contributed by atoms with Crippen molar-refractivity contribution in [3.63, 3.8) is 0 Å². The number of nitrogens with one attached hydrogen (secondary N) is 1. The highest BCUT2D eigenvalue weighted by atomic mass is 16.2. The molecule has 110 valence electrons. The Morgan fingerprint density at radius 1 is 1.29 bits per heavy atom. The van der Waals surface area contributed by atoms with Crippen LogP contribution in [-0.2, 0) is 16.0 Å². The minimum absolute atomic E-state index is 0.290. The molecule has 1 aromatic carbocycles. The summed E-state index contributed by atoms with van der Waals surface area (Å²) in [6, 6.07) is 8.01. The van der Waals surface area contributed by atoms with Crippen LogP contribution in [0.25, 0.3) is 0 Å². The molecule has 5 N–H and O–H groups in total. The van der Waals surface area contributed by atoms with Gasteiger partial charge >= 0.3 is 0 Å². The molecule has 5 nitrogen and oxygen atoms in total. The largest absolute Gasteiger partial charge is 0.371 e. The fourth-order valence-electron chi connectivity index (χ4n) is 2.36. The molecule has 5 heteroatoms. The van der Waals surface area contributed by atoms with E-state index in [1.807, 2.05) is 31.2 Å². The molecule has 0 aromatic heterocycles. The lowest BCUT2D eigenvalue weighted by Crippen LogP contribution is -2.53. The second-order valence-corrected chi connectivity index (χ2v) is 5.49. The highest BCUT2D eigenvalue weighted by Gasteiger charge is 2.33. The van der Waals surface area contributed by atoms with Crippen LogP contribution in [0.4, 0.5) is 0 Å². The molecule has 21 heavy (non-hydrogen) atoms. The number of dihydropyridines is 1. The Kier molecular flexibility index (Phi) is 3.84. The zero-order chi connectivity index (χ0) is 15.6. The molecule has 0 saturated carbocycles. The summed E-state index contributed by atoms with van der Waals surface area (Å²) in [6.07, 6.45) is 3.70. The average molecular weight is 285 g/mol. The fraction of sp³-hybridized carbons (Fsp3) is 0.250. The van der Waals surface area contributed by atoms with E-state index in [0.717, 1.165) is 16.8 Å². The standard InChI is InChI=1S/C16H19N3O2/c1-10-4-3-5-11(6-10)7-13-8-12(14(17)20)9-16(2,19-13)15(18)21/h3-6,8-9,19H,7H2,1-2H3,(H2,17,20)(H2,18,21). The highest BCUT2D eigenvalue weighted by molar-refractivity contribution is 5.98. The topological polar surface area (TPSA) is 98.2 Å². The Balaban J connectivity index is 2.33. The van der Waals surface area contributed by atoms with E-state index in [2.05, 4.69) is 5.32 Å². The zero-order valence-electron chi connectivity index (χ0n) is 12.1. The van der Waals surface area contributed by atoms with E-state index >= 15 is 0 Å². The van der Waals surface area contributed by atoms with Crippen molar-refractivity contribution in [2.24, 2.45) is 11.5 Å². The van der Waals surface area contributed by atoms with E-state index in [1.165, 1.54) is 6.08 Å². The van der Waals surface area contributed by atoms with Gasteiger partial charge in [-0.1, -0.05) is 29.8 Å². The first-order valence-electron chi connectivity index (χ1n) is 6.67. The van der Waals surface area contributed by atoms with Crippen LogP contribution in [-0.4, -0.2) is 17.4 Å². The van der Waals surface area contributed by atoms with E-state index in [9.17, 15) is 9.59 Å².